The molecule has 0 amide bonds. The predicted molar refractivity (Wildman–Crippen MR) is 105 cm³/mol. The Morgan fingerprint density at radius 1 is 1.09 bits per heavy atom. The SMILES string of the molecule is CCCC[O][Sn]([CH2]SC)([O]CCCC)[c]1ccccc1C(C)N. The summed E-state index contributed by atoms with van der Waals surface area (Å²) in [5.41, 5.74) is 7.43. The van der Waals surface area contributed by atoms with Gasteiger partial charge in [-0.3, -0.25) is 0 Å². The van der Waals surface area contributed by atoms with Gasteiger partial charge in [0.2, 0.25) is 0 Å². The van der Waals surface area contributed by atoms with Crippen LogP contribution in [-0.4, -0.2) is 42.4 Å². The fourth-order valence-corrected chi connectivity index (χ4v) is 16.2. The first-order valence-electron chi connectivity index (χ1n) is 8.73. The predicted octanol–water partition coefficient (Wildman–Crippen LogP) is 3.89. The Bertz CT molecular complexity index is 433. The first-order chi connectivity index (χ1) is 11.1. The molecule has 1 aromatic carbocycles. The van der Waals surface area contributed by atoms with Crippen molar-refractivity contribution in [3.8, 4) is 0 Å². The van der Waals surface area contributed by atoms with Crippen molar-refractivity contribution in [2.24, 2.45) is 5.73 Å². The fraction of sp³-hybridized carbons (Fsp3) is 0.667. The third-order valence-electron chi connectivity index (χ3n) is 3.86. The number of unbranched alkanes of at least 4 members (excludes halogenated alkanes) is 2. The summed E-state index contributed by atoms with van der Waals surface area (Å²) in [5, 5.41) is 0. The monoisotopic (exact) mass is 447 g/mol. The Labute approximate surface area is 151 Å². The normalized spacial score (nSPS) is 13.3. The summed E-state index contributed by atoms with van der Waals surface area (Å²) in [6.07, 6.45) is 6.61. The molecule has 23 heavy (non-hydrogen) atoms. The number of thioether (sulfide) groups is 1. The molecule has 0 saturated carbocycles. The number of nitrogens with two attached hydrogens (primary N) is 1. The van der Waals surface area contributed by atoms with Crippen molar-refractivity contribution in [1.82, 2.24) is 0 Å². The van der Waals surface area contributed by atoms with E-state index in [4.69, 9.17) is 11.9 Å². The first kappa shape index (κ1) is 21.3. The van der Waals surface area contributed by atoms with Crippen LogP contribution in [-0.2, 0) is 6.15 Å². The third-order valence-corrected chi connectivity index (χ3v) is 17.7. The van der Waals surface area contributed by atoms with Crippen LogP contribution in [0.3, 0.4) is 0 Å². The minimum atomic E-state index is -3.38. The summed E-state index contributed by atoms with van der Waals surface area (Å²) >= 11 is -1.53. The van der Waals surface area contributed by atoms with Crippen LogP contribution < -0.4 is 9.31 Å². The molecule has 132 valence electrons. The van der Waals surface area contributed by atoms with E-state index in [0.717, 1.165) is 42.7 Å². The van der Waals surface area contributed by atoms with Crippen LogP contribution in [0.5, 0.6) is 0 Å². The van der Waals surface area contributed by atoms with Crippen molar-refractivity contribution < 1.29 is 6.15 Å². The van der Waals surface area contributed by atoms with Crippen molar-refractivity contribution in [2.45, 2.75) is 52.5 Å². The number of benzene rings is 1. The summed E-state index contributed by atoms with van der Waals surface area (Å²) in [6.45, 7) is 8.04. The van der Waals surface area contributed by atoms with Gasteiger partial charge < -0.3 is 0 Å². The van der Waals surface area contributed by atoms with Gasteiger partial charge in [-0.1, -0.05) is 0 Å². The molecule has 0 aliphatic heterocycles. The topological polar surface area (TPSA) is 44.5 Å². The Balaban J connectivity index is 3.17. The molecule has 3 nitrogen and oxygen atoms in total. The Kier molecular flexibility index (Phi) is 10.9. The van der Waals surface area contributed by atoms with E-state index in [1.54, 1.807) is 0 Å². The van der Waals surface area contributed by atoms with Crippen LogP contribution in [0.25, 0.3) is 0 Å². The zero-order valence-electron chi connectivity index (χ0n) is 15.1. The van der Waals surface area contributed by atoms with Gasteiger partial charge in [-0.25, -0.2) is 0 Å². The second-order valence-corrected chi connectivity index (χ2v) is 16.8. The molecule has 1 unspecified atom stereocenters. The van der Waals surface area contributed by atoms with Crippen LogP contribution in [0.2, 0.25) is 0 Å². The molecule has 1 aromatic rings. The molecule has 5 heteroatoms. The fourth-order valence-electron chi connectivity index (χ4n) is 2.55. The maximum atomic E-state index is 6.55. The van der Waals surface area contributed by atoms with E-state index >= 15 is 0 Å². The Hall–Kier alpha value is 0.249. The van der Waals surface area contributed by atoms with Gasteiger partial charge in [-0.15, -0.1) is 0 Å². The van der Waals surface area contributed by atoms with E-state index in [-0.39, 0.29) is 6.04 Å². The van der Waals surface area contributed by atoms with Gasteiger partial charge in [0.1, 0.15) is 0 Å². The average Bonchev–Trinajstić information content (AvgIpc) is 2.55. The number of hydrogen-bond donors (Lipinski definition) is 1. The molecule has 1 rings (SSSR count). The molecular formula is C18H33NO2SSn. The zero-order valence-corrected chi connectivity index (χ0v) is 18.8. The van der Waals surface area contributed by atoms with E-state index < -0.39 is 19.2 Å². The molecule has 0 saturated heterocycles. The Morgan fingerprint density at radius 3 is 2.13 bits per heavy atom. The third kappa shape index (κ3) is 6.57. The molecule has 0 aliphatic carbocycles. The van der Waals surface area contributed by atoms with Crippen molar-refractivity contribution >= 4 is 34.5 Å². The molecule has 2 N–H and O–H groups in total. The molecule has 0 spiro atoms. The van der Waals surface area contributed by atoms with Crippen LogP contribution in [0.15, 0.2) is 24.3 Å². The van der Waals surface area contributed by atoms with Gasteiger partial charge in [0.15, 0.2) is 0 Å². The molecule has 0 bridgehead atoms. The van der Waals surface area contributed by atoms with Crippen LogP contribution in [0, 0.1) is 0 Å². The minimum absolute atomic E-state index is 0.00804. The molecule has 0 radical (unpaired) electrons. The standard InChI is InChI=1S/C8H10N.2C4H9O.C2H5S.Sn/c1-7(9)8-5-3-2-4-6-8;2*1-2-3-4-5;1-3-2;/h2-5,7H,9H2,1H3;2*2-4H2,1H3;1H2,2H3;/q;2*-1;;+2. The summed E-state index contributed by atoms with van der Waals surface area (Å²) < 4.78 is 15.4. The van der Waals surface area contributed by atoms with Gasteiger partial charge in [0.25, 0.3) is 0 Å². The van der Waals surface area contributed by atoms with E-state index in [0.29, 0.717) is 0 Å². The van der Waals surface area contributed by atoms with Gasteiger partial charge in [0.05, 0.1) is 0 Å². The summed E-state index contributed by atoms with van der Waals surface area (Å²) in [4.78, 5) is 0. The van der Waals surface area contributed by atoms with Gasteiger partial charge in [-0.05, 0) is 0 Å². The maximum absolute atomic E-state index is 6.55. The first-order valence-corrected chi connectivity index (χ1v) is 15.9. The molecule has 0 heterocycles. The summed E-state index contributed by atoms with van der Waals surface area (Å²) in [6, 6.07) is 8.50. The van der Waals surface area contributed by atoms with Crippen LogP contribution >= 0.6 is 11.8 Å². The second-order valence-electron chi connectivity index (χ2n) is 5.97. The number of hydrogen-bond acceptors (Lipinski definition) is 4. The van der Waals surface area contributed by atoms with Gasteiger partial charge >= 0.3 is 152 Å². The van der Waals surface area contributed by atoms with Gasteiger partial charge in [0, 0.05) is 0 Å². The van der Waals surface area contributed by atoms with E-state index in [1.165, 1.54) is 9.14 Å². The number of rotatable bonds is 12. The van der Waals surface area contributed by atoms with Crippen molar-refractivity contribution in [2.75, 3.05) is 23.2 Å². The average molecular weight is 446 g/mol. The summed E-state index contributed by atoms with van der Waals surface area (Å²) in [5.74, 6) is 0. The van der Waals surface area contributed by atoms with Crippen LogP contribution in [0.4, 0.5) is 0 Å². The van der Waals surface area contributed by atoms with Crippen molar-refractivity contribution in [1.29, 1.82) is 0 Å². The quantitative estimate of drug-likeness (QED) is 0.391. The van der Waals surface area contributed by atoms with E-state index in [1.807, 2.05) is 18.7 Å². The summed E-state index contributed by atoms with van der Waals surface area (Å²) in [7, 11) is 0. The molecule has 0 aromatic heterocycles. The Morgan fingerprint density at radius 2 is 1.65 bits per heavy atom. The second kappa shape index (κ2) is 11.7. The van der Waals surface area contributed by atoms with Crippen molar-refractivity contribution in [3.05, 3.63) is 29.8 Å². The molecular weight excluding hydrogens is 413 g/mol. The molecule has 1 atom stereocenters. The zero-order chi connectivity index (χ0) is 17.1. The molecule has 0 fully saturated rings. The molecule has 0 aliphatic rings. The van der Waals surface area contributed by atoms with Gasteiger partial charge in [-0.2, -0.15) is 0 Å². The van der Waals surface area contributed by atoms with E-state index in [2.05, 4.69) is 44.4 Å². The van der Waals surface area contributed by atoms with E-state index in [9.17, 15) is 0 Å². The van der Waals surface area contributed by atoms with Crippen molar-refractivity contribution in [3.63, 3.8) is 0 Å². The van der Waals surface area contributed by atoms with Crippen LogP contribution in [0.1, 0.15) is 58.1 Å².